The molecule has 20 heavy (non-hydrogen) atoms. The van der Waals surface area contributed by atoms with E-state index in [1.165, 1.54) is 31.4 Å². The molecule has 1 aromatic rings. The van der Waals surface area contributed by atoms with Gasteiger partial charge in [-0.1, -0.05) is 31.9 Å². The van der Waals surface area contributed by atoms with Crippen molar-refractivity contribution in [3.8, 4) is 0 Å². The van der Waals surface area contributed by atoms with Crippen LogP contribution in [0.2, 0.25) is 12.1 Å². The van der Waals surface area contributed by atoms with Crippen molar-refractivity contribution in [1.29, 1.82) is 0 Å². The summed E-state index contributed by atoms with van der Waals surface area (Å²) < 4.78 is 5.62. The van der Waals surface area contributed by atoms with Crippen LogP contribution >= 0.6 is 0 Å². The maximum Gasteiger partial charge on any atom is 0.258 e. The van der Waals surface area contributed by atoms with E-state index in [0.29, 0.717) is 11.1 Å². The predicted molar refractivity (Wildman–Crippen MR) is 79.1 cm³/mol. The summed E-state index contributed by atoms with van der Waals surface area (Å²) >= 11 is 0. The van der Waals surface area contributed by atoms with Crippen LogP contribution in [-0.4, -0.2) is 27.5 Å². The summed E-state index contributed by atoms with van der Waals surface area (Å²) in [5.41, 5.74) is 0.940. The van der Waals surface area contributed by atoms with Gasteiger partial charge in [0.2, 0.25) is 9.04 Å². The van der Waals surface area contributed by atoms with Crippen LogP contribution in [0.25, 0.3) is 0 Å². The zero-order valence-electron chi connectivity index (χ0n) is 11.8. The molecule has 1 radical (unpaired) electrons. The van der Waals surface area contributed by atoms with Crippen molar-refractivity contribution in [3.63, 3.8) is 0 Å². The number of nitrogens with one attached hydrogen (secondary N) is 1. The molecule has 0 unspecified atom stereocenters. The summed E-state index contributed by atoms with van der Waals surface area (Å²) in [5.74, 6) is -0.601. The molecule has 2 heterocycles. The number of hydrogen-bond acceptors (Lipinski definition) is 3. The fraction of sp³-hybridized carbons (Fsp3) is 0.467. The molecule has 1 fully saturated rings. The second-order valence-electron chi connectivity index (χ2n) is 4.92. The Hall–Kier alpha value is -1.46. The molecule has 2 aliphatic heterocycles. The van der Waals surface area contributed by atoms with E-state index in [2.05, 4.69) is 12.2 Å². The SMILES string of the molecule is CCC[Si]1CCCCO1.O=C1NC(=O)c2ccccc21. The summed E-state index contributed by atoms with van der Waals surface area (Å²) in [6.45, 7) is 3.30. The molecule has 1 N–H and O–H groups in total. The molecule has 1 saturated heterocycles. The van der Waals surface area contributed by atoms with Crippen LogP contribution in [0, 0.1) is 0 Å². The molecule has 2 amide bonds. The highest BCUT2D eigenvalue weighted by Gasteiger charge is 2.25. The summed E-state index contributed by atoms with van der Waals surface area (Å²) in [6.07, 6.45) is 4.04. The number of amides is 2. The molecule has 1 aromatic carbocycles. The first-order valence-corrected chi connectivity index (χ1v) is 8.97. The minimum absolute atomic E-state index is 0.299. The summed E-state index contributed by atoms with van der Waals surface area (Å²) in [6, 6.07) is 9.50. The topological polar surface area (TPSA) is 55.4 Å². The van der Waals surface area contributed by atoms with Gasteiger partial charge in [-0.15, -0.1) is 0 Å². The van der Waals surface area contributed by atoms with Crippen LogP contribution in [0.3, 0.4) is 0 Å². The zero-order chi connectivity index (χ0) is 14.4. The molecule has 107 valence electrons. The summed E-state index contributed by atoms with van der Waals surface area (Å²) in [5, 5.41) is 2.20. The molecule has 5 heteroatoms. The number of hydrogen-bond donors (Lipinski definition) is 1. The molecule has 0 aromatic heterocycles. The van der Waals surface area contributed by atoms with Crippen LogP contribution in [0.4, 0.5) is 0 Å². The Balaban J connectivity index is 0.000000151. The van der Waals surface area contributed by atoms with Crippen LogP contribution in [0.1, 0.15) is 46.9 Å². The highest BCUT2D eigenvalue weighted by Crippen LogP contribution is 2.15. The largest absolute Gasteiger partial charge is 0.417 e. The summed E-state index contributed by atoms with van der Waals surface area (Å²) in [4.78, 5) is 21.9. The Morgan fingerprint density at radius 3 is 2.30 bits per heavy atom. The number of imide groups is 1. The van der Waals surface area contributed by atoms with Crippen molar-refractivity contribution in [2.75, 3.05) is 6.61 Å². The van der Waals surface area contributed by atoms with Crippen molar-refractivity contribution in [1.82, 2.24) is 5.32 Å². The van der Waals surface area contributed by atoms with E-state index in [4.69, 9.17) is 4.43 Å². The maximum absolute atomic E-state index is 10.9. The van der Waals surface area contributed by atoms with E-state index in [9.17, 15) is 9.59 Å². The molecule has 2 aliphatic rings. The molecule has 0 spiro atoms. The lowest BCUT2D eigenvalue weighted by Gasteiger charge is -2.19. The van der Waals surface area contributed by atoms with Gasteiger partial charge in [0.25, 0.3) is 11.8 Å². The van der Waals surface area contributed by atoms with E-state index in [-0.39, 0.29) is 20.9 Å². The third kappa shape index (κ3) is 3.77. The minimum atomic E-state index is -0.300. The molecular formula is C15H20NO3Si. The van der Waals surface area contributed by atoms with Crippen molar-refractivity contribution in [3.05, 3.63) is 35.4 Å². The summed E-state index contributed by atoms with van der Waals surface area (Å²) in [7, 11) is -0.299. The quantitative estimate of drug-likeness (QED) is 0.673. The Kier molecular flexibility index (Phi) is 5.49. The van der Waals surface area contributed by atoms with Gasteiger partial charge in [0.05, 0.1) is 11.1 Å². The molecule has 0 saturated carbocycles. The highest BCUT2D eigenvalue weighted by atomic mass is 28.3. The third-order valence-electron chi connectivity index (χ3n) is 3.33. The Morgan fingerprint density at radius 2 is 1.80 bits per heavy atom. The van der Waals surface area contributed by atoms with Gasteiger partial charge in [-0.3, -0.25) is 14.9 Å². The number of rotatable bonds is 2. The molecular weight excluding hydrogens is 270 g/mol. The molecule has 0 bridgehead atoms. The lowest BCUT2D eigenvalue weighted by atomic mass is 10.1. The van der Waals surface area contributed by atoms with Gasteiger partial charge >= 0.3 is 0 Å². The van der Waals surface area contributed by atoms with Crippen LogP contribution < -0.4 is 5.32 Å². The van der Waals surface area contributed by atoms with Crippen molar-refractivity contribution in [2.45, 2.75) is 38.3 Å². The van der Waals surface area contributed by atoms with Crippen molar-refractivity contribution in [2.24, 2.45) is 0 Å². The fourth-order valence-electron chi connectivity index (χ4n) is 2.31. The van der Waals surface area contributed by atoms with E-state index >= 15 is 0 Å². The zero-order valence-corrected chi connectivity index (χ0v) is 12.8. The Bertz CT molecular complexity index is 448. The van der Waals surface area contributed by atoms with Crippen molar-refractivity contribution >= 4 is 20.9 Å². The number of carbonyl (C=O) groups is 2. The first-order valence-electron chi connectivity index (χ1n) is 7.14. The van der Waals surface area contributed by atoms with E-state index < -0.39 is 0 Å². The molecule has 3 rings (SSSR count). The normalized spacial score (nSPS) is 18.1. The first kappa shape index (κ1) is 14.9. The van der Waals surface area contributed by atoms with Gasteiger partial charge in [0, 0.05) is 6.61 Å². The third-order valence-corrected chi connectivity index (χ3v) is 5.91. The molecule has 0 atom stereocenters. The Morgan fingerprint density at radius 1 is 1.15 bits per heavy atom. The van der Waals surface area contributed by atoms with Gasteiger partial charge in [-0.2, -0.15) is 0 Å². The van der Waals surface area contributed by atoms with Gasteiger partial charge < -0.3 is 4.43 Å². The van der Waals surface area contributed by atoms with Crippen LogP contribution in [0.15, 0.2) is 24.3 Å². The van der Waals surface area contributed by atoms with Gasteiger partial charge in [-0.25, -0.2) is 0 Å². The standard InChI is InChI=1S/C8H5NO2.C7H15OSi/c10-7-5-3-1-2-4-6(5)8(11)9-7;1-2-6-9-7-4-3-5-8-9/h1-4H,(H,9,10,11);2-7H2,1H3. The second-order valence-corrected chi connectivity index (χ2v) is 7.29. The molecule has 4 nitrogen and oxygen atoms in total. The number of benzene rings is 1. The predicted octanol–water partition coefficient (Wildman–Crippen LogP) is 2.77. The van der Waals surface area contributed by atoms with Crippen LogP contribution in [-0.2, 0) is 4.43 Å². The Labute approximate surface area is 121 Å². The van der Waals surface area contributed by atoms with Gasteiger partial charge in [0.1, 0.15) is 0 Å². The van der Waals surface area contributed by atoms with E-state index in [0.717, 1.165) is 6.61 Å². The average molecular weight is 290 g/mol. The maximum atomic E-state index is 10.9. The van der Waals surface area contributed by atoms with E-state index in [1.54, 1.807) is 24.3 Å². The minimum Gasteiger partial charge on any atom is -0.417 e. The number of fused-ring (bicyclic) bond motifs is 1. The highest BCUT2D eigenvalue weighted by molar-refractivity contribution is 6.51. The first-order chi connectivity index (χ1) is 9.72. The van der Waals surface area contributed by atoms with E-state index in [1.807, 2.05) is 0 Å². The smallest absolute Gasteiger partial charge is 0.258 e. The average Bonchev–Trinajstić information content (AvgIpc) is 2.77. The van der Waals surface area contributed by atoms with Gasteiger partial charge in [-0.05, 0) is 30.6 Å². The monoisotopic (exact) mass is 290 g/mol. The van der Waals surface area contributed by atoms with Gasteiger partial charge in [0.15, 0.2) is 0 Å². The molecule has 0 aliphatic carbocycles. The van der Waals surface area contributed by atoms with Crippen LogP contribution in [0.5, 0.6) is 0 Å². The lowest BCUT2D eigenvalue weighted by Crippen LogP contribution is -2.22. The lowest BCUT2D eigenvalue weighted by molar-refractivity contribution is 0.0879. The number of carbonyl (C=O) groups excluding carboxylic acids is 2. The second kappa shape index (κ2) is 7.35. The van der Waals surface area contributed by atoms with Crippen molar-refractivity contribution < 1.29 is 14.0 Å². The fourth-order valence-corrected chi connectivity index (χ4v) is 4.48.